The van der Waals surface area contributed by atoms with Gasteiger partial charge in [-0.15, -0.1) is 0 Å². The fraction of sp³-hybridized carbons (Fsp3) is 0.385. The van der Waals surface area contributed by atoms with E-state index in [0.717, 1.165) is 5.92 Å². The van der Waals surface area contributed by atoms with Crippen molar-refractivity contribution in [2.45, 2.75) is 24.7 Å². The molecule has 14 heavy (non-hydrogen) atoms. The van der Waals surface area contributed by atoms with E-state index < -0.39 is 0 Å². The van der Waals surface area contributed by atoms with Crippen molar-refractivity contribution in [2.24, 2.45) is 5.92 Å². The van der Waals surface area contributed by atoms with E-state index in [-0.39, 0.29) is 5.41 Å². The maximum atomic E-state index is 9.47. The number of rotatable bonds is 1. The molecule has 0 spiro atoms. The minimum absolute atomic E-state index is 0.253. The number of hydrogen-bond donors (Lipinski definition) is 1. The minimum Gasteiger partial charge on any atom is -0.508 e. The Kier molecular flexibility index (Phi) is 1.52. The van der Waals surface area contributed by atoms with Crippen LogP contribution in [-0.2, 0) is 5.41 Å². The third kappa shape index (κ3) is 1.02. The van der Waals surface area contributed by atoms with Gasteiger partial charge in [0.05, 0.1) is 0 Å². The maximum absolute atomic E-state index is 9.47. The van der Waals surface area contributed by atoms with E-state index in [1.54, 1.807) is 6.07 Å². The molecule has 2 bridgehead atoms. The van der Waals surface area contributed by atoms with Crippen LogP contribution in [0.1, 0.15) is 24.8 Å². The zero-order chi connectivity index (χ0) is 9.60. The average molecular weight is 186 g/mol. The lowest BCUT2D eigenvalue weighted by Crippen LogP contribution is -2.16. The third-order valence-corrected chi connectivity index (χ3v) is 3.70. The fourth-order valence-electron chi connectivity index (χ4n) is 2.92. The summed E-state index contributed by atoms with van der Waals surface area (Å²) in [7, 11) is 0. The number of benzene rings is 1. The summed E-state index contributed by atoms with van der Waals surface area (Å²) in [5.74, 6) is 1.18. The molecule has 1 aromatic carbocycles. The molecule has 1 fully saturated rings. The van der Waals surface area contributed by atoms with E-state index >= 15 is 0 Å². The Morgan fingerprint density at radius 3 is 2.86 bits per heavy atom. The molecule has 0 aliphatic heterocycles. The van der Waals surface area contributed by atoms with Gasteiger partial charge in [-0.05, 0) is 42.9 Å². The molecule has 72 valence electrons. The Hall–Kier alpha value is -1.24. The van der Waals surface area contributed by atoms with Gasteiger partial charge in [0.1, 0.15) is 5.75 Å². The van der Waals surface area contributed by atoms with Gasteiger partial charge in [0, 0.05) is 5.41 Å². The highest BCUT2D eigenvalue weighted by atomic mass is 16.3. The SMILES string of the molecule is Oc1cccc(C23C=CC(CC2)C3)c1. The summed E-state index contributed by atoms with van der Waals surface area (Å²) in [4.78, 5) is 0. The van der Waals surface area contributed by atoms with Crippen LogP contribution in [0.25, 0.3) is 0 Å². The molecule has 1 saturated carbocycles. The van der Waals surface area contributed by atoms with Crippen molar-refractivity contribution < 1.29 is 5.11 Å². The first-order valence-electron chi connectivity index (χ1n) is 5.27. The largest absolute Gasteiger partial charge is 0.508 e. The van der Waals surface area contributed by atoms with Crippen LogP contribution in [0.15, 0.2) is 36.4 Å². The van der Waals surface area contributed by atoms with Crippen LogP contribution < -0.4 is 0 Å². The van der Waals surface area contributed by atoms with Gasteiger partial charge in [-0.25, -0.2) is 0 Å². The molecule has 1 aromatic rings. The van der Waals surface area contributed by atoms with Gasteiger partial charge in [-0.3, -0.25) is 0 Å². The van der Waals surface area contributed by atoms with E-state index in [1.807, 2.05) is 12.1 Å². The van der Waals surface area contributed by atoms with Gasteiger partial charge < -0.3 is 5.11 Å². The fourth-order valence-corrected chi connectivity index (χ4v) is 2.92. The van der Waals surface area contributed by atoms with Crippen LogP contribution in [0.2, 0.25) is 0 Å². The first-order valence-corrected chi connectivity index (χ1v) is 5.27. The highest BCUT2D eigenvalue weighted by Crippen LogP contribution is 2.50. The molecule has 0 aromatic heterocycles. The number of phenols is 1. The Bertz CT molecular complexity index is 394. The Labute approximate surface area is 84.1 Å². The molecular formula is C13H14O. The van der Waals surface area contributed by atoms with E-state index in [2.05, 4.69) is 18.2 Å². The Balaban J connectivity index is 2.06. The van der Waals surface area contributed by atoms with Crippen LogP contribution in [0, 0.1) is 5.92 Å². The third-order valence-electron chi connectivity index (χ3n) is 3.70. The maximum Gasteiger partial charge on any atom is 0.115 e. The molecule has 0 saturated heterocycles. The first-order chi connectivity index (χ1) is 6.78. The lowest BCUT2D eigenvalue weighted by atomic mass is 9.80. The van der Waals surface area contributed by atoms with E-state index in [1.165, 1.54) is 24.8 Å². The number of phenolic OH excluding ortho intramolecular Hbond substituents is 1. The summed E-state index contributed by atoms with van der Waals surface area (Å²) in [5.41, 5.74) is 1.54. The number of aromatic hydroxyl groups is 1. The van der Waals surface area contributed by atoms with E-state index in [0.29, 0.717) is 5.75 Å². The molecule has 1 heteroatoms. The van der Waals surface area contributed by atoms with Crippen molar-refractivity contribution in [3.05, 3.63) is 42.0 Å². The van der Waals surface area contributed by atoms with Crippen LogP contribution in [-0.4, -0.2) is 5.11 Å². The number of hydrogen-bond acceptors (Lipinski definition) is 1. The predicted molar refractivity (Wildman–Crippen MR) is 56.3 cm³/mol. The lowest BCUT2D eigenvalue weighted by molar-refractivity contribution is 0.470. The highest BCUT2D eigenvalue weighted by molar-refractivity contribution is 5.40. The van der Waals surface area contributed by atoms with Crippen molar-refractivity contribution in [3.63, 3.8) is 0 Å². The average Bonchev–Trinajstić information content (AvgIpc) is 2.78. The van der Waals surface area contributed by atoms with Crippen LogP contribution in [0.5, 0.6) is 5.75 Å². The first kappa shape index (κ1) is 8.10. The Morgan fingerprint density at radius 1 is 1.36 bits per heavy atom. The molecular weight excluding hydrogens is 172 g/mol. The summed E-state index contributed by atoms with van der Waals surface area (Å²) in [6.45, 7) is 0. The topological polar surface area (TPSA) is 20.2 Å². The van der Waals surface area contributed by atoms with Crippen LogP contribution >= 0.6 is 0 Å². The van der Waals surface area contributed by atoms with Gasteiger partial charge in [-0.1, -0.05) is 24.3 Å². The molecule has 2 unspecified atom stereocenters. The van der Waals surface area contributed by atoms with Crippen molar-refractivity contribution >= 4 is 0 Å². The molecule has 0 heterocycles. The van der Waals surface area contributed by atoms with Gasteiger partial charge in [0.2, 0.25) is 0 Å². The van der Waals surface area contributed by atoms with Crippen molar-refractivity contribution in [1.29, 1.82) is 0 Å². The highest BCUT2D eigenvalue weighted by Gasteiger charge is 2.41. The predicted octanol–water partition coefficient (Wildman–Crippen LogP) is 3.00. The van der Waals surface area contributed by atoms with E-state index in [4.69, 9.17) is 0 Å². The van der Waals surface area contributed by atoms with Crippen LogP contribution in [0.4, 0.5) is 0 Å². The molecule has 2 aliphatic carbocycles. The summed E-state index contributed by atoms with van der Waals surface area (Å²) >= 11 is 0. The standard InChI is InChI=1S/C13H14O/c14-12-3-1-2-11(8-12)13-6-4-10(9-13)5-7-13/h1-4,6,8,10,14H,5,7,9H2. The summed E-state index contributed by atoms with van der Waals surface area (Å²) in [6, 6.07) is 7.74. The van der Waals surface area contributed by atoms with Gasteiger partial charge in [0.15, 0.2) is 0 Å². The smallest absolute Gasteiger partial charge is 0.115 e. The molecule has 2 atom stereocenters. The zero-order valence-corrected chi connectivity index (χ0v) is 8.11. The van der Waals surface area contributed by atoms with Crippen molar-refractivity contribution in [2.75, 3.05) is 0 Å². The summed E-state index contributed by atoms with van der Waals surface area (Å²) < 4.78 is 0. The summed E-state index contributed by atoms with van der Waals surface area (Å²) in [6.07, 6.45) is 8.49. The minimum atomic E-state index is 0.253. The van der Waals surface area contributed by atoms with Crippen molar-refractivity contribution in [3.8, 4) is 5.75 Å². The normalized spacial score (nSPS) is 33.9. The number of fused-ring (bicyclic) bond motifs is 2. The second-order valence-corrected chi connectivity index (χ2v) is 4.57. The second-order valence-electron chi connectivity index (χ2n) is 4.57. The van der Waals surface area contributed by atoms with Crippen LogP contribution in [0.3, 0.4) is 0 Å². The molecule has 3 rings (SSSR count). The van der Waals surface area contributed by atoms with E-state index in [9.17, 15) is 5.11 Å². The zero-order valence-electron chi connectivity index (χ0n) is 8.11. The monoisotopic (exact) mass is 186 g/mol. The lowest BCUT2D eigenvalue weighted by Gasteiger charge is -2.24. The molecule has 0 radical (unpaired) electrons. The molecule has 1 N–H and O–H groups in total. The molecule has 0 amide bonds. The van der Waals surface area contributed by atoms with Gasteiger partial charge in [-0.2, -0.15) is 0 Å². The summed E-state index contributed by atoms with van der Waals surface area (Å²) in [5, 5.41) is 9.47. The molecule has 1 nitrogen and oxygen atoms in total. The van der Waals surface area contributed by atoms with Gasteiger partial charge in [0.25, 0.3) is 0 Å². The second kappa shape index (κ2) is 2.63. The van der Waals surface area contributed by atoms with Crippen molar-refractivity contribution in [1.82, 2.24) is 0 Å². The molecule has 2 aliphatic rings. The number of allylic oxidation sites excluding steroid dienone is 2. The van der Waals surface area contributed by atoms with Gasteiger partial charge >= 0.3 is 0 Å². The quantitative estimate of drug-likeness (QED) is 0.668. The Morgan fingerprint density at radius 2 is 2.29 bits per heavy atom.